The van der Waals surface area contributed by atoms with Gasteiger partial charge in [-0.25, -0.2) is 4.39 Å². The average Bonchev–Trinajstić information content (AvgIpc) is 2.39. The zero-order chi connectivity index (χ0) is 13.8. The lowest BCUT2D eigenvalue weighted by molar-refractivity contribution is 0.102. The molecule has 0 unspecified atom stereocenters. The van der Waals surface area contributed by atoms with E-state index in [9.17, 15) is 9.18 Å². The van der Waals surface area contributed by atoms with Crippen molar-refractivity contribution in [3.63, 3.8) is 0 Å². The quantitative estimate of drug-likeness (QED) is 0.810. The zero-order valence-electron chi connectivity index (χ0n) is 9.79. The minimum atomic E-state index is -0.470. The van der Waals surface area contributed by atoms with Gasteiger partial charge in [-0.1, -0.05) is 45.7 Å². The summed E-state index contributed by atoms with van der Waals surface area (Å²) in [5, 5.41) is 3.48. The lowest BCUT2D eigenvalue weighted by Gasteiger charge is -2.10. The second-order valence-electron chi connectivity index (χ2n) is 3.87. The number of para-hydroxylation sites is 1. The predicted octanol–water partition coefficient (Wildman–Crippen LogP) is 4.63. The minimum Gasteiger partial charge on any atom is -0.322 e. The lowest BCUT2D eigenvalue weighted by atomic mass is 10.1. The summed E-state index contributed by atoms with van der Waals surface area (Å²) in [4.78, 5) is 12.1. The first-order valence-electron chi connectivity index (χ1n) is 5.52. The summed E-state index contributed by atoms with van der Waals surface area (Å²) in [5.74, 6) is -0.833. The number of nitrogens with one attached hydrogen (secondary N) is 1. The van der Waals surface area contributed by atoms with Crippen LogP contribution in [-0.4, -0.2) is 5.91 Å². The van der Waals surface area contributed by atoms with Gasteiger partial charge in [-0.15, -0.1) is 0 Å². The number of rotatable bonds is 3. The van der Waals surface area contributed by atoms with Crippen LogP contribution in [0.15, 0.2) is 42.5 Å². The Balaban J connectivity index is 2.26. The molecule has 0 aliphatic carbocycles. The lowest BCUT2D eigenvalue weighted by Crippen LogP contribution is -2.13. The summed E-state index contributed by atoms with van der Waals surface area (Å²) >= 11 is 9.21. The van der Waals surface area contributed by atoms with Gasteiger partial charge in [-0.05, 0) is 29.8 Å². The van der Waals surface area contributed by atoms with Crippen molar-refractivity contribution >= 4 is 39.1 Å². The van der Waals surface area contributed by atoms with Crippen LogP contribution in [0.4, 0.5) is 10.1 Å². The highest BCUT2D eigenvalue weighted by atomic mass is 79.9. The summed E-state index contributed by atoms with van der Waals surface area (Å²) in [5.41, 5.74) is 1.89. The van der Waals surface area contributed by atoms with Gasteiger partial charge in [0.15, 0.2) is 0 Å². The topological polar surface area (TPSA) is 29.1 Å². The molecule has 0 fully saturated rings. The van der Waals surface area contributed by atoms with Gasteiger partial charge < -0.3 is 5.32 Å². The van der Waals surface area contributed by atoms with E-state index in [1.54, 1.807) is 6.07 Å². The van der Waals surface area contributed by atoms with Gasteiger partial charge in [-0.3, -0.25) is 4.79 Å². The van der Waals surface area contributed by atoms with Crippen LogP contribution in [-0.2, 0) is 5.33 Å². The fraction of sp³-hybridized carbons (Fsp3) is 0.0714. The summed E-state index contributed by atoms with van der Waals surface area (Å²) < 4.78 is 12.9. The van der Waals surface area contributed by atoms with Crippen LogP contribution in [0.25, 0.3) is 0 Å². The third kappa shape index (κ3) is 3.33. The van der Waals surface area contributed by atoms with E-state index in [1.165, 1.54) is 12.1 Å². The first-order chi connectivity index (χ1) is 9.11. The Morgan fingerprint density at radius 2 is 2.00 bits per heavy atom. The molecule has 19 heavy (non-hydrogen) atoms. The van der Waals surface area contributed by atoms with Crippen LogP contribution in [0.5, 0.6) is 0 Å². The van der Waals surface area contributed by atoms with E-state index in [1.807, 2.05) is 18.2 Å². The summed E-state index contributed by atoms with van der Waals surface area (Å²) in [7, 11) is 0. The Bertz CT molecular complexity index is 618. The molecule has 2 rings (SSSR count). The molecule has 1 amide bonds. The van der Waals surface area contributed by atoms with Crippen LogP contribution < -0.4 is 5.32 Å². The van der Waals surface area contributed by atoms with Crippen molar-refractivity contribution in [1.29, 1.82) is 0 Å². The van der Waals surface area contributed by atoms with Gasteiger partial charge in [0, 0.05) is 11.0 Å². The van der Waals surface area contributed by atoms with E-state index < -0.39 is 5.82 Å². The van der Waals surface area contributed by atoms with E-state index in [4.69, 9.17) is 11.6 Å². The van der Waals surface area contributed by atoms with Crippen LogP contribution in [0.3, 0.4) is 0 Å². The molecule has 0 aromatic heterocycles. The molecule has 98 valence electrons. The predicted molar refractivity (Wildman–Crippen MR) is 78.4 cm³/mol. The number of carbonyl (C=O) groups excluding carboxylic acids is 1. The molecule has 2 aromatic rings. The van der Waals surface area contributed by atoms with Gasteiger partial charge in [-0.2, -0.15) is 0 Å². The maximum Gasteiger partial charge on any atom is 0.257 e. The Kier molecular flexibility index (Phi) is 4.56. The highest BCUT2D eigenvalue weighted by Crippen LogP contribution is 2.22. The van der Waals surface area contributed by atoms with Crippen molar-refractivity contribution < 1.29 is 9.18 Å². The number of carbonyl (C=O) groups is 1. The molecule has 0 saturated heterocycles. The van der Waals surface area contributed by atoms with Crippen molar-refractivity contribution in [2.24, 2.45) is 0 Å². The molecule has 0 heterocycles. The van der Waals surface area contributed by atoms with E-state index >= 15 is 0 Å². The van der Waals surface area contributed by atoms with Gasteiger partial charge >= 0.3 is 0 Å². The SMILES string of the molecule is O=C(Nc1ccccc1CBr)c1ccc(F)cc1Cl. The molecule has 2 nitrogen and oxygen atoms in total. The molecule has 0 bridgehead atoms. The van der Waals surface area contributed by atoms with Gasteiger partial charge in [0.05, 0.1) is 10.6 Å². The van der Waals surface area contributed by atoms with Gasteiger partial charge in [0.2, 0.25) is 0 Å². The molecule has 2 aromatic carbocycles. The summed E-state index contributed by atoms with van der Waals surface area (Å²) in [6.45, 7) is 0. The molecule has 0 aliphatic rings. The highest BCUT2D eigenvalue weighted by molar-refractivity contribution is 9.08. The molecule has 0 atom stereocenters. The van der Waals surface area contributed by atoms with Gasteiger partial charge in [0.1, 0.15) is 5.82 Å². The van der Waals surface area contributed by atoms with Crippen LogP contribution in [0, 0.1) is 5.82 Å². The van der Waals surface area contributed by atoms with E-state index in [0.29, 0.717) is 11.0 Å². The number of benzene rings is 2. The van der Waals surface area contributed by atoms with Crippen molar-refractivity contribution in [3.8, 4) is 0 Å². The fourth-order valence-electron chi connectivity index (χ4n) is 1.62. The number of amides is 1. The average molecular weight is 343 g/mol. The number of hydrogen-bond donors (Lipinski definition) is 1. The van der Waals surface area contributed by atoms with E-state index in [2.05, 4.69) is 21.2 Å². The highest BCUT2D eigenvalue weighted by Gasteiger charge is 2.12. The third-order valence-electron chi connectivity index (χ3n) is 2.59. The molecule has 0 radical (unpaired) electrons. The van der Waals surface area contributed by atoms with E-state index in [0.717, 1.165) is 11.6 Å². The monoisotopic (exact) mass is 341 g/mol. The molecule has 0 saturated carbocycles. The van der Waals surface area contributed by atoms with E-state index in [-0.39, 0.29) is 16.5 Å². The summed E-state index contributed by atoms with van der Waals surface area (Å²) in [6, 6.07) is 11.1. The maximum absolute atomic E-state index is 12.9. The van der Waals surface area contributed by atoms with Crippen LogP contribution >= 0.6 is 27.5 Å². The Hall–Kier alpha value is -1.39. The molecular weight excluding hydrogens is 333 g/mol. The third-order valence-corrected chi connectivity index (χ3v) is 3.50. The number of halogens is 3. The fourth-order valence-corrected chi connectivity index (χ4v) is 2.36. The molecular formula is C14H10BrClFNO. The summed E-state index contributed by atoms with van der Waals surface area (Å²) in [6.07, 6.45) is 0. The Morgan fingerprint density at radius 1 is 1.26 bits per heavy atom. The zero-order valence-corrected chi connectivity index (χ0v) is 12.1. The van der Waals surface area contributed by atoms with Crippen molar-refractivity contribution in [2.75, 3.05) is 5.32 Å². The standard InChI is InChI=1S/C14H10BrClFNO/c15-8-9-3-1-2-4-13(9)18-14(19)11-6-5-10(17)7-12(11)16/h1-7H,8H2,(H,18,19). The Morgan fingerprint density at radius 3 is 2.68 bits per heavy atom. The second-order valence-corrected chi connectivity index (χ2v) is 4.84. The molecule has 0 aliphatic heterocycles. The number of anilines is 1. The normalized spacial score (nSPS) is 10.3. The number of alkyl halides is 1. The molecule has 5 heteroatoms. The minimum absolute atomic E-state index is 0.0915. The van der Waals surface area contributed by atoms with Gasteiger partial charge in [0.25, 0.3) is 5.91 Å². The first-order valence-corrected chi connectivity index (χ1v) is 7.02. The van der Waals surface area contributed by atoms with Crippen molar-refractivity contribution in [2.45, 2.75) is 5.33 Å². The maximum atomic E-state index is 12.9. The first kappa shape index (κ1) is 14.0. The smallest absolute Gasteiger partial charge is 0.257 e. The van der Waals surface area contributed by atoms with Crippen LogP contribution in [0.1, 0.15) is 15.9 Å². The molecule has 0 spiro atoms. The van der Waals surface area contributed by atoms with Crippen molar-refractivity contribution in [3.05, 3.63) is 64.4 Å². The van der Waals surface area contributed by atoms with Crippen molar-refractivity contribution in [1.82, 2.24) is 0 Å². The number of hydrogen-bond acceptors (Lipinski definition) is 1. The molecule has 1 N–H and O–H groups in total. The van der Waals surface area contributed by atoms with Crippen LogP contribution in [0.2, 0.25) is 5.02 Å². The second kappa shape index (κ2) is 6.17. The Labute approximate surface area is 123 Å². The largest absolute Gasteiger partial charge is 0.322 e.